The van der Waals surface area contributed by atoms with Crippen molar-refractivity contribution in [3.8, 4) is 11.5 Å². The van der Waals surface area contributed by atoms with Gasteiger partial charge in [0.1, 0.15) is 6.17 Å². The molecule has 0 aromatic heterocycles. The second-order valence-corrected chi connectivity index (χ2v) is 7.85. The number of halogens is 7. The minimum absolute atomic E-state index is 0.000397. The summed E-state index contributed by atoms with van der Waals surface area (Å²) < 4.78 is 106. The van der Waals surface area contributed by atoms with Gasteiger partial charge in [-0.25, -0.2) is 9.18 Å². The number of hydrogen-bond acceptors (Lipinski definition) is 3. The van der Waals surface area contributed by atoms with Gasteiger partial charge in [-0.05, 0) is 48.7 Å². The number of carbonyl (C=O) groups is 1. The van der Waals surface area contributed by atoms with Gasteiger partial charge in [0.05, 0.1) is 31.0 Å². The SMILES string of the molecule is COc1cc2c(cc1OC)N(C(=O)O)C(C)CC2C(F)c1cc(C(F)(F)F)cc(C(F)(F)F)c1. The average Bonchev–Trinajstić information content (AvgIpc) is 2.75. The molecule has 0 radical (unpaired) electrons. The van der Waals surface area contributed by atoms with Crippen LogP contribution in [0.2, 0.25) is 0 Å². The topological polar surface area (TPSA) is 59.0 Å². The molecule has 0 aliphatic carbocycles. The molecule has 1 amide bonds. The summed E-state index contributed by atoms with van der Waals surface area (Å²) in [7, 11) is 2.56. The molecule has 3 unspecified atom stereocenters. The molecule has 186 valence electrons. The lowest BCUT2D eigenvalue weighted by Crippen LogP contribution is -2.43. The van der Waals surface area contributed by atoms with Crippen LogP contribution >= 0.6 is 0 Å². The van der Waals surface area contributed by atoms with Gasteiger partial charge < -0.3 is 14.6 Å². The summed E-state index contributed by atoms with van der Waals surface area (Å²) in [6, 6.07) is 2.34. The zero-order valence-electron chi connectivity index (χ0n) is 18.1. The van der Waals surface area contributed by atoms with Crippen LogP contribution in [0.3, 0.4) is 0 Å². The molecule has 2 aromatic rings. The smallest absolute Gasteiger partial charge is 0.416 e. The zero-order chi connectivity index (χ0) is 25.6. The summed E-state index contributed by atoms with van der Waals surface area (Å²) in [6.45, 7) is 1.46. The Balaban J connectivity index is 2.20. The lowest BCUT2D eigenvalue weighted by Gasteiger charge is -2.39. The Morgan fingerprint density at radius 1 is 0.971 bits per heavy atom. The fourth-order valence-electron chi connectivity index (χ4n) is 4.17. The van der Waals surface area contributed by atoms with E-state index in [1.807, 2.05) is 0 Å². The van der Waals surface area contributed by atoms with Gasteiger partial charge in [0, 0.05) is 18.0 Å². The summed E-state index contributed by atoms with van der Waals surface area (Å²) in [5.41, 5.74) is -4.04. The molecule has 34 heavy (non-hydrogen) atoms. The van der Waals surface area contributed by atoms with Crippen molar-refractivity contribution in [1.82, 2.24) is 0 Å². The Labute approximate surface area is 189 Å². The van der Waals surface area contributed by atoms with Gasteiger partial charge in [0.2, 0.25) is 0 Å². The standard InChI is InChI=1S/C22H20F7NO4/c1-10-4-15(14-8-17(33-2)18(34-3)9-16(14)30(10)20(31)32)19(23)11-5-12(21(24,25)26)7-13(6-11)22(27,28)29/h5-10,15,19H,4H2,1-3H3,(H,31,32). The molecule has 12 heteroatoms. The molecule has 0 bridgehead atoms. The fraction of sp³-hybridized carbons (Fsp3) is 0.409. The van der Waals surface area contributed by atoms with Gasteiger partial charge in [-0.3, -0.25) is 4.90 Å². The maximum atomic E-state index is 15.8. The number of methoxy groups -OCH3 is 2. The van der Waals surface area contributed by atoms with Crippen molar-refractivity contribution in [3.05, 3.63) is 52.6 Å². The predicted octanol–water partition coefficient (Wildman–Crippen LogP) is 6.81. The van der Waals surface area contributed by atoms with Crippen molar-refractivity contribution in [1.29, 1.82) is 0 Å². The number of fused-ring (bicyclic) bond motifs is 1. The molecule has 0 fully saturated rings. The zero-order valence-corrected chi connectivity index (χ0v) is 18.1. The second-order valence-electron chi connectivity index (χ2n) is 7.85. The van der Waals surface area contributed by atoms with Crippen molar-refractivity contribution < 1.29 is 50.1 Å². The van der Waals surface area contributed by atoms with Gasteiger partial charge in [0.25, 0.3) is 0 Å². The highest BCUT2D eigenvalue weighted by Crippen LogP contribution is 2.50. The summed E-state index contributed by atoms with van der Waals surface area (Å²) in [5.74, 6) is -1.04. The van der Waals surface area contributed by atoms with Crippen LogP contribution in [0.25, 0.3) is 0 Å². The molecule has 1 heterocycles. The van der Waals surface area contributed by atoms with Crippen LogP contribution in [0.15, 0.2) is 30.3 Å². The second kappa shape index (κ2) is 8.88. The van der Waals surface area contributed by atoms with Crippen LogP contribution in [-0.4, -0.2) is 31.5 Å². The van der Waals surface area contributed by atoms with E-state index in [9.17, 15) is 36.2 Å². The highest BCUT2D eigenvalue weighted by atomic mass is 19.4. The highest BCUT2D eigenvalue weighted by Gasteiger charge is 2.42. The van der Waals surface area contributed by atoms with Crippen LogP contribution in [0, 0.1) is 0 Å². The van der Waals surface area contributed by atoms with Crippen molar-refractivity contribution >= 4 is 11.8 Å². The number of anilines is 1. The van der Waals surface area contributed by atoms with Crippen LogP contribution in [0.4, 0.5) is 41.2 Å². The van der Waals surface area contributed by atoms with Gasteiger partial charge in [-0.1, -0.05) is 0 Å². The minimum Gasteiger partial charge on any atom is -0.493 e. The van der Waals surface area contributed by atoms with Crippen molar-refractivity contribution in [2.45, 2.75) is 43.8 Å². The van der Waals surface area contributed by atoms with E-state index in [0.717, 1.165) is 4.90 Å². The first-order valence-electron chi connectivity index (χ1n) is 9.90. The summed E-state index contributed by atoms with van der Waals surface area (Å²) in [4.78, 5) is 12.8. The number of benzene rings is 2. The third-order valence-corrected chi connectivity index (χ3v) is 5.72. The van der Waals surface area contributed by atoms with E-state index in [1.165, 1.54) is 33.3 Å². The Bertz CT molecular complexity index is 1050. The molecule has 0 saturated heterocycles. The molecular weight excluding hydrogens is 475 g/mol. The first-order chi connectivity index (χ1) is 15.7. The van der Waals surface area contributed by atoms with Gasteiger partial charge in [-0.2, -0.15) is 26.3 Å². The number of amides is 1. The third kappa shape index (κ3) is 4.71. The number of rotatable bonds is 4. The van der Waals surface area contributed by atoms with Crippen molar-refractivity contribution in [2.24, 2.45) is 0 Å². The lowest BCUT2D eigenvalue weighted by atomic mass is 9.80. The van der Waals surface area contributed by atoms with E-state index in [0.29, 0.717) is 12.1 Å². The molecule has 5 nitrogen and oxygen atoms in total. The lowest BCUT2D eigenvalue weighted by molar-refractivity contribution is -0.143. The van der Waals surface area contributed by atoms with E-state index in [-0.39, 0.29) is 35.2 Å². The molecule has 1 N–H and O–H groups in total. The maximum Gasteiger partial charge on any atom is 0.416 e. The van der Waals surface area contributed by atoms with Gasteiger partial charge in [0.15, 0.2) is 11.5 Å². The van der Waals surface area contributed by atoms with Crippen LogP contribution in [0.1, 0.15) is 47.7 Å². The van der Waals surface area contributed by atoms with Gasteiger partial charge >= 0.3 is 18.4 Å². The molecule has 3 rings (SSSR count). The quantitative estimate of drug-likeness (QED) is 0.474. The molecule has 3 atom stereocenters. The van der Waals surface area contributed by atoms with Crippen molar-refractivity contribution in [3.63, 3.8) is 0 Å². The summed E-state index contributed by atoms with van der Waals surface area (Å²) >= 11 is 0. The Hall–Kier alpha value is -3.18. The van der Waals surface area contributed by atoms with E-state index in [4.69, 9.17) is 9.47 Å². The van der Waals surface area contributed by atoms with Crippen LogP contribution < -0.4 is 14.4 Å². The third-order valence-electron chi connectivity index (χ3n) is 5.72. The largest absolute Gasteiger partial charge is 0.493 e. The molecular formula is C22H20F7NO4. The molecule has 1 aliphatic rings. The number of carboxylic acid groups (broad SMARTS) is 1. The monoisotopic (exact) mass is 495 g/mol. The van der Waals surface area contributed by atoms with Crippen LogP contribution in [-0.2, 0) is 12.4 Å². The van der Waals surface area contributed by atoms with Crippen molar-refractivity contribution in [2.75, 3.05) is 19.1 Å². The normalized spacial score (nSPS) is 19.4. The predicted molar refractivity (Wildman–Crippen MR) is 107 cm³/mol. The summed E-state index contributed by atoms with van der Waals surface area (Å²) in [6.07, 6.45) is -14.1. The molecule has 1 aliphatic heterocycles. The molecule has 2 aromatic carbocycles. The van der Waals surface area contributed by atoms with E-state index < -0.39 is 53.3 Å². The molecule has 0 spiro atoms. The highest BCUT2D eigenvalue weighted by molar-refractivity contribution is 5.89. The Kier molecular flexibility index (Phi) is 6.64. The number of hydrogen-bond donors (Lipinski definition) is 1. The molecule has 0 saturated carbocycles. The number of nitrogens with zero attached hydrogens (tertiary/aromatic N) is 1. The van der Waals surface area contributed by atoms with E-state index in [2.05, 4.69) is 0 Å². The number of ether oxygens (including phenoxy) is 2. The Morgan fingerprint density at radius 3 is 1.91 bits per heavy atom. The van der Waals surface area contributed by atoms with E-state index >= 15 is 4.39 Å². The minimum atomic E-state index is -5.13. The van der Waals surface area contributed by atoms with E-state index in [1.54, 1.807) is 0 Å². The van der Waals surface area contributed by atoms with Crippen LogP contribution in [0.5, 0.6) is 11.5 Å². The van der Waals surface area contributed by atoms with Gasteiger partial charge in [-0.15, -0.1) is 0 Å². The first kappa shape index (κ1) is 25.4. The fourth-order valence-corrected chi connectivity index (χ4v) is 4.17. The maximum absolute atomic E-state index is 15.8. The number of alkyl halides is 7. The Morgan fingerprint density at radius 2 is 1.47 bits per heavy atom. The first-order valence-corrected chi connectivity index (χ1v) is 9.90. The average molecular weight is 495 g/mol. The summed E-state index contributed by atoms with van der Waals surface area (Å²) in [5, 5.41) is 9.65.